The third kappa shape index (κ3) is 4.63. The summed E-state index contributed by atoms with van der Waals surface area (Å²) in [5, 5.41) is 0. The van der Waals surface area contributed by atoms with Crippen molar-refractivity contribution < 1.29 is 27.3 Å². The second kappa shape index (κ2) is 8.89. The summed E-state index contributed by atoms with van der Waals surface area (Å²) < 4.78 is 37.5. The van der Waals surface area contributed by atoms with Gasteiger partial charge in [0.15, 0.2) is 5.76 Å². The lowest BCUT2D eigenvalue weighted by Gasteiger charge is -2.31. The van der Waals surface area contributed by atoms with Gasteiger partial charge in [0, 0.05) is 0 Å². The number of piperazine rings is 1. The van der Waals surface area contributed by atoms with Gasteiger partial charge in [0.05, 0.1) is 38.2 Å². The highest BCUT2D eigenvalue weighted by molar-refractivity contribution is 7.89. The van der Waals surface area contributed by atoms with Crippen LogP contribution >= 0.6 is 0 Å². The molecule has 28 heavy (non-hydrogen) atoms. The minimum Gasteiger partial charge on any atom is -0.463 e. The molecule has 1 saturated heterocycles. The lowest BCUT2D eigenvalue weighted by molar-refractivity contribution is -0.918. The number of nitrogens with zero attached hydrogens (tertiary/aromatic N) is 1. The van der Waals surface area contributed by atoms with E-state index in [-0.39, 0.29) is 5.76 Å². The maximum absolute atomic E-state index is 12.9. The molecular formula is C20H27N2O5S+. The van der Waals surface area contributed by atoms with E-state index in [4.69, 9.17) is 4.42 Å². The standard InChI is InChI=1S/C20H26N2O5S/c1-3-4-16-5-8-18(9-6-16)28(24,25)22-13-11-21(12-14-22)15-17-7-10-19(27-17)20(23)26-2/h5-10H,3-4,11-15H2,1-2H3/p+1. The van der Waals surface area contributed by atoms with E-state index in [9.17, 15) is 13.2 Å². The van der Waals surface area contributed by atoms with Crippen molar-refractivity contribution >= 4 is 16.0 Å². The first-order valence-electron chi connectivity index (χ1n) is 9.53. The number of ether oxygens (including phenoxy) is 1. The molecule has 1 aliphatic rings. The SMILES string of the molecule is CCCc1ccc(S(=O)(=O)N2CC[NH+](Cc3ccc(C(=O)OC)o3)CC2)cc1. The summed E-state index contributed by atoms with van der Waals surface area (Å²) in [6.07, 6.45) is 1.99. The smallest absolute Gasteiger partial charge is 0.373 e. The van der Waals surface area contributed by atoms with E-state index in [0.717, 1.165) is 18.4 Å². The molecule has 0 bridgehead atoms. The Bertz CT molecular complexity index is 897. The van der Waals surface area contributed by atoms with Crippen LogP contribution in [0.2, 0.25) is 0 Å². The lowest BCUT2D eigenvalue weighted by Crippen LogP contribution is -3.13. The Morgan fingerprint density at radius 1 is 1.14 bits per heavy atom. The van der Waals surface area contributed by atoms with Gasteiger partial charge in [-0.3, -0.25) is 0 Å². The average Bonchev–Trinajstić information content (AvgIpc) is 3.17. The van der Waals surface area contributed by atoms with Gasteiger partial charge in [-0.15, -0.1) is 0 Å². The van der Waals surface area contributed by atoms with E-state index < -0.39 is 16.0 Å². The summed E-state index contributed by atoms with van der Waals surface area (Å²) in [4.78, 5) is 13.0. The van der Waals surface area contributed by atoms with E-state index in [1.165, 1.54) is 12.0 Å². The number of quaternary nitrogens is 1. The second-order valence-corrected chi connectivity index (χ2v) is 8.92. The summed E-state index contributed by atoms with van der Waals surface area (Å²) in [5.74, 6) is 0.380. The number of furan rings is 1. The van der Waals surface area contributed by atoms with Crippen LogP contribution in [0.25, 0.3) is 0 Å². The zero-order chi connectivity index (χ0) is 20.1. The van der Waals surface area contributed by atoms with Crippen LogP contribution < -0.4 is 4.90 Å². The highest BCUT2D eigenvalue weighted by Crippen LogP contribution is 2.17. The largest absolute Gasteiger partial charge is 0.463 e. The predicted molar refractivity (Wildman–Crippen MR) is 104 cm³/mol. The van der Waals surface area contributed by atoms with Gasteiger partial charge in [0.2, 0.25) is 15.8 Å². The molecule has 1 aromatic carbocycles. The van der Waals surface area contributed by atoms with Crippen LogP contribution in [0.1, 0.15) is 35.2 Å². The Labute approximate surface area is 165 Å². The molecule has 7 nitrogen and oxygen atoms in total. The van der Waals surface area contributed by atoms with Crippen molar-refractivity contribution in [3.8, 4) is 0 Å². The number of benzene rings is 1. The molecule has 2 aromatic rings. The van der Waals surface area contributed by atoms with Crippen molar-refractivity contribution in [2.24, 2.45) is 0 Å². The fourth-order valence-corrected chi connectivity index (χ4v) is 4.86. The molecule has 0 aliphatic carbocycles. The molecule has 0 atom stereocenters. The lowest BCUT2D eigenvalue weighted by atomic mass is 10.1. The molecule has 0 amide bonds. The van der Waals surface area contributed by atoms with Crippen LogP contribution in [-0.2, 0) is 27.7 Å². The van der Waals surface area contributed by atoms with Gasteiger partial charge < -0.3 is 14.1 Å². The van der Waals surface area contributed by atoms with Crippen LogP contribution in [0.3, 0.4) is 0 Å². The number of rotatable bonds is 7. The zero-order valence-electron chi connectivity index (χ0n) is 16.3. The van der Waals surface area contributed by atoms with Crippen LogP contribution in [0.15, 0.2) is 45.7 Å². The molecule has 3 rings (SSSR count). The van der Waals surface area contributed by atoms with E-state index in [1.54, 1.807) is 28.6 Å². The maximum Gasteiger partial charge on any atom is 0.373 e. The van der Waals surface area contributed by atoms with Crippen molar-refractivity contribution in [2.75, 3.05) is 33.3 Å². The number of carbonyl (C=O) groups excluding carboxylic acids is 1. The van der Waals surface area contributed by atoms with E-state index in [1.807, 2.05) is 12.1 Å². The van der Waals surface area contributed by atoms with Crippen LogP contribution in [0.5, 0.6) is 0 Å². The quantitative estimate of drug-likeness (QED) is 0.696. The second-order valence-electron chi connectivity index (χ2n) is 6.98. The third-order valence-electron chi connectivity index (χ3n) is 5.00. The van der Waals surface area contributed by atoms with Gasteiger partial charge in [-0.25, -0.2) is 13.2 Å². The highest BCUT2D eigenvalue weighted by atomic mass is 32.2. The number of hydrogen-bond donors (Lipinski definition) is 1. The predicted octanol–water partition coefficient (Wildman–Crippen LogP) is 1.11. The van der Waals surface area contributed by atoms with Crippen molar-refractivity contribution in [1.82, 2.24) is 4.31 Å². The number of hydrogen-bond acceptors (Lipinski definition) is 5. The Balaban J connectivity index is 1.58. The third-order valence-corrected chi connectivity index (χ3v) is 6.91. The Morgan fingerprint density at radius 2 is 1.82 bits per heavy atom. The topological polar surface area (TPSA) is 81.3 Å². The maximum atomic E-state index is 12.9. The van der Waals surface area contributed by atoms with E-state index >= 15 is 0 Å². The van der Waals surface area contributed by atoms with Crippen LogP contribution in [0.4, 0.5) is 0 Å². The molecule has 1 aromatic heterocycles. The Hall–Kier alpha value is -2.16. The number of methoxy groups -OCH3 is 1. The molecule has 0 radical (unpaired) electrons. The van der Waals surface area contributed by atoms with Gasteiger partial charge in [0.1, 0.15) is 6.54 Å². The number of esters is 1. The van der Waals surface area contributed by atoms with Gasteiger partial charge in [-0.1, -0.05) is 25.5 Å². The molecule has 1 aliphatic heterocycles. The molecule has 8 heteroatoms. The Kier molecular flexibility index (Phi) is 6.53. The van der Waals surface area contributed by atoms with Gasteiger partial charge in [0.25, 0.3) is 0 Å². The van der Waals surface area contributed by atoms with Gasteiger partial charge in [-0.05, 0) is 36.2 Å². The molecular weight excluding hydrogens is 380 g/mol. The summed E-state index contributed by atoms with van der Waals surface area (Å²) in [5.41, 5.74) is 1.15. The molecule has 0 unspecified atom stereocenters. The monoisotopic (exact) mass is 407 g/mol. The van der Waals surface area contributed by atoms with Crippen molar-refractivity contribution in [3.63, 3.8) is 0 Å². The first-order valence-corrected chi connectivity index (χ1v) is 11.0. The minimum atomic E-state index is -3.47. The van der Waals surface area contributed by atoms with Crippen LogP contribution in [-0.4, -0.2) is 52.0 Å². The van der Waals surface area contributed by atoms with Crippen molar-refractivity contribution in [3.05, 3.63) is 53.5 Å². The fraction of sp³-hybridized carbons (Fsp3) is 0.450. The number of carbonyl (C=O) groups is 1. The number of sulfonamides is 1. The summed E-state index contributed by atoms with van der Waals surface area (Å²) in [7, 11) is -2.15. The molecule has 152 valence electrons. The molecule has 0 saturated carbocycles. The summed E-state index contributed by atoms with van der Waals surface area (Å²) in [6.45, 7) is 4.99. The first kappa shape index (κ1) is 20.6. The van der Waals surface area contributed by atoms with Crippen molar-refractivity contribution in [1.29, 1.82) is 0 Å². The number of nitrogens with one attached hydrogen (secondary N) is 1. The first-order chi connectivity index (χ1) is 13.4. The zero-order valence-corrected chi connectivity index (χ0v) is 17.1. The number of aryl methyl sites for hydroxylation is 1. The molecule has 1 fully saturated rings. The Morgan fingerprint density at radius 3 is 2.43 bits per heavy atom. The highest BCUT2D eigenvalue weighted by Gasteiger charge is 2.30. The van der Waals surface area contributed by atoms with Crippen molar-refractivity contribution in [2.45, 2.75) is 31.2 Å². The molecule has 1 N–H and O–H groups in total. The summed E-state index contributed by atoms with van der Waals surface area (Å²) in [6, 6.07) is 10.6. The minimum absolute atomic E-state index is 0.185. The van der Waals surface area contributed by atoms with E-state index in [0.29, 0.717) is 43.4 Å². The molecule has 0 spiro atoms. The van der Waals surface area contributed by atoms with Gasteiger partial charge in [-0.2, -0.15) is 4.31 Å². The summed E-state index contributed by atoms with van der Waals surface area (Å²) >= 11 is 0. The fourth-order valence-electron chi connectivity index (χ4n) is 3.42. The van der Waals surface area contributed by atoms with Crippen LogP contribution in [0, 0.1) is 0 Å². The van der Waals surface area contributed by atoms with Gasteiger partial charge >= 0.3 is 5.97 Å². The average molecular weight is 408 g/mol. The molecule has 2 heterocycles. The van der Waals surface area contributed by atoms with E-state index in [2.05, 4.69) is 11.7 Å². The normalized spacial score (nSPS) is 16.2.